The van der Waals surface area contributed by atoms with Crippen LogP contribution >= 0.6 is 0 Å². The Morgan fingerprint density at radius 1 is 0.762 bits per heavy atom. The van der Waals surface area contributed by atoms with Crippen LogP contribution in [0.4, 0.5) is 0 Å². The molecule has 0 radical (unpaired) electrons. The van der Waals surface area contributed by atoms with Crippen molar-refractivity contribution in [3.8, 4) is 0 Å². The third-order valence-corrected chi connectivity index (χ3v) is 2.45. The van der Waals surface area contributed by atoms with Gasteiger partial charge in [0, 0.05) is 23.6 Å². The predicted molar refractivity (Wildman–Crippen MR) is 76.8 cm³/mol. The van der Waals surface area contributed by atoms with Crippen LogP contribution in [0.5, 0.6) is 0 Å². The van der Waals surface area contributed by atoms with Gasteiger partial charge in [0.25, 0.3) is 0 Å². The molecule has 0 aromatic heterocycles. The molecule has 21 heavy (non-hydrogen) atoms. The molecule has 0 aromatic rings. The number of rotatable bonds is 7. The number of allylic oxidation sites excluding steroid dienone is 3. The predicted octanol–water partition coefficient (Wildman–Crippen LogP) is 2.33. The van der Waals surface area contributed by atoms with Crippen molar-refractivity contribution in [2.45, 2.75) is 27.2 Å². The van der Waals surface area contributed by atoms with E-state index < -0.39 is 23.3 Å². The van der Waals surface area contributed by atoms with E-state index in [1.165, 1.54) is 18.2 Å². The molecule has 0 amide bonds. The molecule has 6 nitrogen and oxygen atoms in total. The normalized spacial score (nSPS) is 15.6. The minimum atomic E-state index is -1.19. The van der Waals surface area contributed by atoms with Gasteiger partial charge in [0.05, 0.1) is 0 Å². The molecule has 0 heterocycles. The van der Waals surface area contributed by atoms with Crippen molar-refractivity contribution in [2.75, 3.05) is 0 Å². The van der Waals surface area contributed by atoms with Crippen LogP contribution in [0.25, 0.3) is 0 Å². The third kappa shape index (κ3) is 9.21. The molecule has 6 heteroatoms. The zero-order chi connectivity index (χ0) is 16.7. The Kier molecular flexibility index (Phi) is 6.58. The number of carbonyl (C=O) groups is 3. The maximum Gasteiger partial charge on any atom is 0.328 e. The quantitative estimate of drug-likeness (QED) is 0.622. The molecular formula is C15H20O6. The lowest BCUT2D eigenvalue weighted by atomic mass is 9.73. The Morgan fingerprint density at radius 2 is 1.05 bits per heavy atom. The number of hydrogen-bond acceptors (Lipinski definition) is 3. The second-order valence-corrected chi connectivity index (χ2v) is 5.86. The summed E-state index contributed by atoms with van der Waals surface area (Å²) in [4.78, 5) is 32.2. The molecule has 0 aliphatic rings. The molecule has 0 aromatic carbocycles. The second-order valence-electron chi connectivity index (χ2n) is 5.86. The second kappa shape index (κ2) is 7.42. The third-order valence-electron chi connectivity index (χ3n) is 2.45. The summed E-state index contributed by atoms with van der Waals surface area (Å²) >= 11 is 0. The van der Waals surface area contributed by atoms with Crippen LogP contribution in [0.3, 0.4) is 0 Å². The van der Waals surface area contributed by atoms with Gasteiger partial charge in [-0.25, -0.2) is 14.4 Å². The van der Waals surface area contributed by atoms with Gasteiger partial charge >= 0.3 is 17.9 Å². The van der Waals surface area contributed by atoms with Crippen LogP contribution in [0, 0.1) is 10.8 Å². The molecule has 0 saturated carbocycles. The highest BCUT2D eigenvalue weighted by Gasteiger charge is 2.28. The summed E-state index contributed by atoms with van der Waals surface area (Å²) in [6.45, 7) is 5.67. The Balaban J connectivity index is 5.85. The maximum absolute atomic E-state index is 10.7. The lowest BCUT2D eigenvalue weighted by Gasteiger charge is -2.31. The van der Waals surface area contributed by atoms with Crippen LogP contribution in [-0.2, 0) is 14.4 Å². The number of carboxylic acid groups (broad SMARTS) is 3. The molecule has 0 fully saturated rings. The van der Waals surface area contributed by atoms with Crippen molar-refractivity contribution in [1.29, 1.82) is 0 Å². The molecule has 0 spiro atoms. The van der Waals surface area contributed by atoms with E-state index in [0.717, 1.165) is 18.2 Å². The van der Waals surface area contributed by atoms with Gasteiger partial charge in [0.15, 0.2) is 0 Å². The summed E-state index contributed by atoms with van der Waals surface area (Å²) in [5, 5.41) is 26.3. The number of aliphatic carboxylic acids is 3. The summed E-state index contributed by atoms with van der Waals surface area (Å²) < 4.78 is 0. The van der Waals surface area contributed by atoms with E-state index in [1.54, 1.807) is 0 Å². The summed E-state index contributed by atoms with van der Waals surface area (Å²) in [6, 6.07) is 0. The van der Waals surface area contributed by atoms with E-state index in [2.05, 4.69) is 0 Å². The van der Waals surface area contributed by atoms with E-state index >= 15 is 0 Å². The first kappa shape index (κ1) is 18.6. The summed E-state index contributed by atoms with van der Waals surface area (Å²) in [7, 11) is 0. The fourth-order valence-electron chi connectivity index (χ4n) is 1.94. The fraction of sp³-hybridized carbons (Fsp3) is 0.400. The molecule has 0 aliphatic carbocycles. The first-order chi connectivity index (χ1) is 9.46. The first-order valence-electron chi connectivity index (χ1n) is 6.22. The van der Waals surface area contributed by atoms with E-state index in [1.807, 2.05) is 20.8 Å². The number of hydrogen-bond donors (Lipinski definition) is 3. The van der Waals surface area contributed by atoms with Gasteiger partial charge in [-0.15, -0.1) is 0 Å². The molecule has 0 saturated heterocycles. The van der Waals surface area contributed by atoms with Crippen LogP contribution in [0.15, 0.2) is 36.5 Å². The average molecular weight is 296 g/mol. The van der Waals surface area contributed by atoms with E-state index in [4.69, 9.17) is 15.3 Å². The van der Waals surface area contributed by atoms with Crippen LogP contribution < -0.4 is 0 Å². The summed E-state index contributed by atoms with van der Waals surface area (Å²) in [5.41, 5.74) is -1.39. The average Bonchev–Trinajstić information content (AvgIpc) is 2.29. The monoisotopic (exact) mass is 296 g/mol. The van der Waals surface area contributed by atoms with Crippen molar-refractivity contribution in [3.05, 3.63) is 36.5 Å². The van der Waals surface area contributed by atoms with Gasteiger partial charge < -0.3 is 15.3 Å². The van der Waals surface area contributed by atoms with Crippen LogP contribution in [0.1, 0.15) is 27.2 Å². The van der Waals surface area contributed by atoms with Crippen LogP contribution in [0.2, 0.25) is 0 Å². The first-order valence-corrected chi connectivity index (χ1v) is 6.22. The molecule has 0 bridgehead atoms. The van der Waals surface area contributed by atoms with Crippen molar-refractivity contribution < 1.29 is 29.7 Å². The van der Waals surface area contributed by atoms with Crippen LogP contribution in [-0.4, -0.2) is 33.2 Å². The van der Waals surface area contributed by atoms with Crippen molar-refractivity contribution >= 4 is 17.9 Å². The van der Waals surface area contributed by atoms with Crippen molar-refractivity contribution in [2.24, 2.45) is 10.8 Å². The van der Waals surface area contributed by atoms with Gasteiger partial charge in [0.2, 0.25) is 0 Å². The highest BCUT2D eigenvalue weighted by molar-refractivity contribution is 5.82. The highest BCUT2D eigenvalue weighted by atomic mass is 16.4. The SMILES string of the molecule is CC(C)(C)CC(C=CC(=O)O)(C=CC(=O)O)C=CC(=O)O. The minimum absolute atomic E-state index is 0.283. The fourth-order valence-corrected chi connectivity index (χ4v) is 1.94. The Morgan fingerprint density at radius 3 is 1.24 bits per heavy atom. The maximum atomic E-state index is 10.7. The number of carboxylic acids is 3. The zero-order valence-corrected chi connectivity index (χ0v) is 12.2. The Bertz CT molecular complexity index is 431. The minimum Gasteiger partial charge on any atom is -0.478 e. The zero-order valence-electron chi connectivity index (χ0n) is 12.2. The molecule has 0 unspecified atom stereocenters. The van der Waals surface area contributed by atoms with Gasteiger partial charge in [-0.05, 0) is 11.8 Å². The molecule has 116 valence electrons. The largest absolute Gasteiger partial charge is 0.478 e. The van der Waals surface area contributed by atoms with Gasteiger partial charge in [0.1, 0.15) is 0 Å². The van der Waals surface area contributed by atoms with E-state index in [0.29, 0.717) is 6.42 Å². The smallest absolute Gasteiger partial charge is 0.328 e. The van der Waals surface area contributed by atoms with Gasteiger partial charge in [-0.3, -0.25) is 0 Å². The van der Waals surface area contributed by atoms with Crippen molar-refractivity contribution in [1.82, 2.24) is 0 Å². The Hall–Kier alpha value is -2.37. The van der Waals surface area contributed by atoms with Crippen molar-refractivity contribution in [3.63, 3.8) is 0 Å². The lowest BCUT2D eigenvalue weighted by Crippen LogP contribution is -2.22. The van der Waals surface area contributed by atoms with Gasteiger partial charge in [-0.2, -0.15) is 0 Å². The topological polar surface area (TPSA) is 112 Å². The Labute approximate surface area is 123 Å². The highest BCUT2D eigenvalue weighted by Crippen LogP contribution is 2.37. The molecule has 0 atom stereocenters. The molecule has 0 aliphatic heterocycles. The van der Waals surface area contributed by atoms with E-state index in [-0.39, 0.29) is 5.41 Å². The lowest BCUT2D eigenvalue weighted by molar-refractivity contribution is -0.132. The summed E-state index contributed by atoms with van der Waals surface area (Å²) in [6.07, 6.45) is 6.86. The van der Waals surface area contributed by atoms with E-state index in [9.17, 15) is 14.4 Å². The molecule has 0 rings (SSSR count). The molecule has 3 N–H and O–H groups in total. The standard InChI is InChI=1S/C15H20O6/c1-14(2,3)10-15(7-4-11(16)17,8-5-12(18)19)9-6-13(20)21/h4-9H,10H2,1-3H3,(H,16,17)(H,18,19)(H,20,21). The summed E-state index contributed by atoms with van der Waals surface area (Å²) in [5.74, 6) is -3.58. The molecular weight excluding hydrogens is 276 g/mol. The van der Waals surface area contributed by atoms with Gasteiger partial charge in [-0.1, -0.05) is 39.0 Å².